The number of fused-ring (bicyclic) bond motifs is 5. The molecule has 2 heterocycles. The zero-order valence-corrected chi connectivity index (χ0v) is 20.5. The highest BCUT2D eigenvalue weighted by atomic mass is 19.1. The molecule has 7 nitrogen and oxygen atoms in total. The largest absolute Gasteiger partial charge is 0.494 e. The normalized spacial score (nSPS) is 16.2. The van der Waals surface area contributed by atoms with E-state index in [2.05, 4.69) is 27.8 Å². The number of aliphatic hydroxyl groups excluding tert-OH is 1. The van der Waals surface area contributed by atoms with Crippen LogP contribution in [0.15, 0.2) is 42.5 Å². The summed E-state index contributed by atoms with van der Waals surface area (Å²) in [5.74, 6) is -0.270. The predicted molar refractivity (Wildman–Crippen MR) is 138 cm³/mol. The summed E-state index contributed by atoms with van der Waals surface area (Å²) in [4.78, 5) is 21.0. The number of H-pyrrole nitrogens is 1. The number of rotatable bonds is 8. The molecule has 0 bridgehead atoms. The van der Waals surface area contributed by atoms with Crippen molar-refractivity contribution in [1.82, 2.24) is 20.6 Å². The zero-order chi connectivity index (χ0) is 25.2. The van der Waals surface area contributed by atoms with Gasteiger partial charge in [0, 0.05) is 47.4 Å². The number of hydrogen-bond donors (Lipinski definition) is 4. The number of benzene rings is 2. The molecule has 1 amide bonds. The van der Waals surface area contributed by atoms with Gasteiger partial charge in [0.1, 0.15) is 0 Å². The van der Waals surface area contributed by atoms with Crippen molar-refractivity contribution >= 4 is 27.7 Å². The average molecular weight is 491 g/mol. The lowest BCUT2D eigenvalue weighted by atomic mass is 9.88. The highest BCUT2D eigenvalue weighted by Crippen LogP contribution is 2.36. The number of carbonyl (C=O) groups is 1. The maximum atomic E-state index is 14.4. The summed E-state index contributed by atoms with van der Waals surface area (Å²) in [7, 11) is 1.45. The lowest BCUT2D eigenvalue weighted by Crippen LogP contribution is -2.44. The Labute approximate surface area is 209 Å². The van der Waals surface area contributed by atoms with Crippen LogP contribution in [0.25, 0.3) is 21.8 Å². The first-order valence-corrected chi connectivity index (χ1v) is 12.3. The van der Waals surface area contributed by atoms with Crippen LogP contribution in [0.5, 0.6) is 5.75 Å². The maximum Gasteiger partial charge on any atom is 0.234 e. The second kappa shape index (κ2) is 10.2. The number of halogens is 1. The summed E-state index contributed by atoms with van der Waals surface area (Å²) in [6.45, 7) is 2.21. The fraction of sp³-hybridized carbons (Fsp3) is 0.357. The monoisotopic (exact) mass is 490 g/mol. The molecular weight excluding hydrogens is 459 g/mol. The summed E-state index contributed by atoms with van der Waals surface area (Å²) < 4.78 is 19.5. The minimum Gasteiger partial charge on any atom is -0.494 e. The Morgan fingerprint density at radius 1 is 1.31 bits per heavy atom. The second-order valence-electron chi connectivity index (χ2n) is 9.54. The third-order valence-corrected chi connectivity index (χ3v) is 6.78. The molecule has 4 N–H and O–H groups in total. The van der Waals surface area contributed by atoms with E-state index >= 15 is 0 Å². The molecule has 0 saturated heterocycles. The minimum absolute atomic E-state index is 0.0141. The number of aryl methyl sites for hydroxylation is 1. The number of hydrogen-bond acceptors (Lipinski definition) is 5. The predicted octanol–water partition coefficient (Wildman–Crippen LogP) is 3.40. The van der Waals surface area contributed by atoms with Crippen molar-refractivity contribution in [3.8, 4) is 5.75 Å². The molecule has 8 heteroatoms. The Morgan fingerprint density at radius 3 is 2.92 bits per heavy atom. The summed E-state index contributed by atoms with van der Waals surface area (Å²) in [6, 6.07) is 13.2. The van der Waals surface area contributed by atoms with Crippen molar-refractivity contribution < 1.29 is 19.0 Å². The van der Waals surface area contributed by atoms with E-state index in [0.29, 0.717) is 19.4 Å². The molecule has 2 atom stereocenters. The average Bonchev–Trinajstić information content (AvgIpc) is 3.24. The van der Waals surface area contributed by atoms with Gasteiger partial charge >= 0.3 is 0 Å². The van der Waals surface area contributed by atoms with Gasteiger partial charge < -0.3 is 25.5 Å². The molecule has 0 radical (unpaired) electrons. The van der Waals surface area contributed by atoms with Crippen molar-refractivity contribution in [2.45, 2.75) is 44.8 Å². The number of ether oxygens (including phenoxy) is 1. The molecule has 0 aliphatic heterocycles. The van der Waals surface area contributed by atoms with E-state index in [1.165, 1.54) is 24.1 Å². The molecule has 188 valence electrons. The lowest BCUT2D eigenvalue weighted by molar-refractivity contribution is -0.121. The van der Waals surface area contributed by atoms with Crippen LogP contribution in [-0.4, -0.2) is 53.3 Å². The summed E-state index contributed by atoms with van der Waals surface area (Å²) >= 11 is 0. The molecular formula is C28H31FN4O3. The van der Waals surface area contributed by atoms with Gasteiger partial charge in [-0.1, -0.05) is 24.3 Å². The van der Waals surface area contributed by atoms with Gasteiger partial charge in [0.25, 0.3) is 0 Å². The first kappa shape index (κ1) is 24.2. The molecule has 0 spiro atoms. The van der Waals surface area contributed by atoms with Gasteiger partial charge in [-0.2, -0.15) is 0 Å². The molecule has 1 aliphatic rings. The molecule has 36 heavy (non-hydrogen) atoms. The standard InChI is InChI=1S/C28H31FN4O3/c1-16(34)14-30-15-26(35)31-18-8-9-20-23(13-18)32-24(12-17-7-10-25(36-2)21(29)11-17)28-27(20)19-5-3-4-6-22(19)33-28/h3-7,10-11,16,18,30,33-34H,8-9,12-15H2,1-2H3,(H,31,35). The van der Waals surface area contributed by atoms with Crippen molar-refractivity contribution in [2.75, 3.05) is 20.2 Å². The van der Waals surface area contributed by atoms with Gasteiger partial charge in [-0.25, -0.2) is 4.39 Å². The first-order chi connectivity index (χ1) is 17.4. The molecule has 0 fully saturated rings. The highest BCUT2D eigenvalue weighted by Gasteiger charge is 2.26. The Kier molecular flexibility index (Phi) is 6.89. The van der Waals surface area contributed by atoms with Gasteiger partial charge in [0.2, 0.25) is 5.91 Å². The number of methoxy groups -OCH3 is 1. The van der Waals surface area contributed by atoms with Crippen LogP contribution in [0.1, 0.15) is 35.9 Å². The second-order valence-corrected chi connectivity index (χ2v) is 9.54. The quantitative estimate of drug-likeness (QED) is 0.304. The third-order valence-electron chi connectivity index (χ3n) is 6.78. The summed E-state index contributed by atoms with van der Waals surface area (Å²) in [5, 5.41) is 17.8. The van der Waals surface area contributed by atoms with E-state index in [1.54, 1.807) is 13.0 Å². The lowest BCUT2D eigenvalue weighted by Gasteiger charge is -2.26. The Hall–Kier alpha value is -3.49. The number of pyridine rings is 1. The molecule has 2 unspecified atom stereocenters. The minimum atomic E-state index is -0.500. The van der Waals surface area contributed by atoms with Crippen LogP contribution in [-0.2, 0) is 24.1 Å². The van der Waals surface area contributed by atoms with Crippen molar-refractivity contribution in [1.29, 1.82) is 0 Å². The number of para-hydroxylation sites is 1. The highest BCUT2D eigenvalue weighted by molar-refractivity contribution is 6.10. The van der Waals surface area contributed by atoms with E-state index in [4.69, 9.17) is 9.72 Å². The van der Waals surface area contributed by atoms with E-state index in [0.717, 1.165) is 46.2 Å². The van der Waals surface area contributed by atoms with Crippen molar-refractivity contribution in [3.05, 3.63) is 70.8 Å². The van der Waals surface area contributed by atoms with Crippen LogP contribution in [0.3, 0.4) is 0 Å². The van der Waals surface area contributed by atoms with Gasteiger partial charge in [0.15, 0.2) is 11.6 Å². The van der Waals surface area contributed by atoms with E-state index < -0.39 is 11.9 Å². The van der Waals surface area contributed by atoms with Crippen molar-refractivity contribution in [3.63, 3.8) is 0 Å². The molecule has 4 aromatic rings. The molecule has 0 saturated carbocycles. The molecule has 5 rings (SSSR count). The van der Waals surface area contributed by atoms with Crippen molar-refractivity contribution in [2.24, 2.45) is 0 Å². The SMILES string of the molecule is COc1ccc(Cc2nc3c(c4c2[nH]c2ccccc24)CCC(NC(=O)CNCC(C)O)C3)cc1F. The first-order valence-electron chi connectivity index (χ1n) is 12.3. The number of carbonyl (C=O) groups excluding carboxylic acids is 1. The van der Waals surface area contributed by atoms with Gasteiger partial charge in [-0.05, 0) is 49.1 Å². The Bertz CT molecular complexity index is 1420. The van der Waals surface area contributed by atoms with Gasteiger partial charge in [-0.3, -0.25) is 9.78 Å². The number of nitrogens with zero attached hydrogens (tertiary/aromatic N) is 1. The molecule has 1 aliphatic carbocycles. The Morgan fingerprint density at radius 2 is 2.14 bits per heavy atom. The summed E-state index contributed by atoms with van der Waals surface area (Å²) in [6.07, 6.45) is 2.24. The molecule has 2 aromatic heterocycles. The van der Waals surface area contributed by atoms with Gasteiger partial charge in [0.05, 0.1) is 31.0 Å². The fourth-order valence-electron chi connectivity index (χ4n) is 5.13. The van der Waals surface area contributed by atoms with Crippen LogP contribution >= 0.6 is 0 Å². The Balaban J connectivity index is 1.47. The topological polar surface area (TPSA) is 99.3 Å². The number of aromatic amines is 1. The van der Waals surface area contributed by atoms with Crippen LogP contribution in [0, 0.1) is 5.82 Å². The van der Waals surface area contributed by atoms with Gasteiger partial charge in [-0.15, -0.1) is 0 Å². The van der Waals surface area contributed by atoms with Crippen LogP contribution < -0.4 is 15.4 Å². The van der Waals surface area contributed by atoms with E-state index in [1.807, 2.05) is 18.2 Å². The summed E-state index contributed by atoms with van der Waals surface area (Å²) in [5.41, 5.74) is 5.88. The smallest absolute Gasteiger partial charge is 0.234 e. The maximum absolute atomic E-state index is 14.4. The van der Waals surface area contributed by atoms with E-state index in [9.17, 15) is 14.3 Å². The number of nitrogens with one attached hydrogen (secondary N) is 3. The molecule has 2 aromatic carbocycles. The zero-order valence-electron chi connectivity index (χ0n) is 20.5. The third kappa shape index (κ3) is 4.92. The van der Waals surface area contributed by atoms with Crippen LogP contribution in [0.4, 0.5) is 4.39 Å². The number of aliphatic hydroxyl groups is 1. The number of amides is 1. The van der Waals surface area contributed by atoms with E-state index in [-0.39, 0.29) is 24.2 Å². The number of aromatic nitrogens is 2. The fourth-order valence-corrected chi connectivity index (χ4v) is 5.13. The van der Waals surface area contributed by atoms with Crippen LogP contribution in [0.2, 0.25) is 0 Å².